The zero-order valence-electron chi connectivity index (χ0n) is 8.76. The molecule has 2 aromatic rings. The Morgan fingerprint density at radius 1 is 1.35 bits per heavy atom. The van der Waals surface area contributed by atoms with E-state index in [-0.39, 0.29) is 5.91 Å². The number of carbonyl (C=O) groups excluding carboxylic acids is 1. The van der Waals surface area contributed by atoms with E-state index in [0.29, 0.717) is 4.88 Å². The molecular formula is C12H9IN2OS. The largest absolute Gasteiger partial charge is 0.281 e. The van der Waals surface area contributed by atoms with E-state index >= 15 is 0 Å². The fraction of sp³-hybridized carbons (Fsp3) is 0. The standard InChI is InChI=1S/C12H9IN2OS/c13-10-4-1-3-9(7-10)8-14-15-12(16)11-5-2-6-17-11/h1-8H,(H,15,16)/b14-8+. The van der Waals surface area contributed by atoms with Gasteiger partial charge in [-0.05, 0) is 51.7 Å². The summed E-state index contributed by atoms with van der Waals surface area (Å²) in [5.74, 6) is -0.179. The predicted molar refractivity (Wildman–Crippen MR) is 78.5 cm³/mol. The van der Waals surface area contributed by atoms with Crippen LogP contribution in [0.1, 0.15) is 15.2 Å². The number of benzene rings is 1. The Morgan fingerprint density at radius 2 is 2.24 bits per heavy atom. The maximum atomic E-state index is 11.5. The summed E-state index contributed by atoms with van der Waals surface area (Å²) < 4.78 is 1.14. The second-order valence-electron chi connectivity index (χ2n) is 3.23. The van der Waals surface area contributed by atoms with Crippen LogP contribution < -0.4 is 5.43 Å². The van der Waals surface area contributed by atoms with Crippen molar-refractivity contribution >= 4 is 46.0 Å². The summed E-state index contributed by atoms with van der Waals surface area (Å²) in [5, 5.41) is 5.78. The van der Waals surface area contributed by atoms with E-state index in [1.54, 1.807) is 12.3 Å². The first-order chi connectivity index (χ1) is 8.25. The van der Waals surface area contributed by atoms with Gasteiger partial charge >= 0.3 is 0 Å². The number of hydrogen-bond donors (Lipinski definition) is 1. The van der Waals surface area contributed by atoms with Crippen molar-refractivity contribution in [1.82, 2.24) is 5.43 Å². The van der Waals surface area contributed by atoms with Gasteiger partial charge in [-0.25, -0.2) is 5.43 Å². The smallest absolute Gasteiger partial charge is 0.266 e. The molecule has 0 atom stereocenters. The van der Waals surface area contributed by atoms with Gasteiger partial charge in [0.2, 0.25) is 0 Å². The summed E-state index contributed by atoms with van der Waals surface area (Å²) >= 11 is 3.62. The lowest BCUT2D eigenvalue weighted by Crippen LogP contribution is -2.16. The van der Waals surface area contributed by atoms with Gasteiger partial charge in [0.1, 0.15) is 0 Å². The lowest BCUT2D eigenvalue weighted by Gasteiger charge is -1.96. The minimum absolute atomic E-state index is 0.179. The van der Waals surface area contributed by atoms with Crippen molar-refractivity contribution in [1.29, 1.82) is 0 Å². The Hall–Kier alpha value is -1.21. The molecule has 5 heteroatoms. The molecule has 0 saturated carbocycles. The van der Waals surface area contributed by atoms with Gasteiger partial charge < -0.3 is 0 Å². The Morgan fingerprint density at radius 3 is 2.94 bits per heavy atom. The number of amides is 1. The summed E-state index contributed by atoms with van der Waals surface area (Å²) in [5.41, 5.74) is 3.45. The molecular weight excluding hydrogens is 347 g/mol. The van der Waals surface area contributed by atoms with E-state index in [0.717, 1.165) is 9.13 Å². The highest BCUT2D eigenvalue weighted by Gasteiger charge is 2.03. The second kappa shape index (κ2) is 5.92. The molecule has 0 spiro atoms. The number of nitrogens with one attached hydrogen (secondary N) is 1. The molecule has 0 unspecified atom stereocenters. The number of hydrogen-bond acceptors (Lipinski definition) is 3. The summed E-state index contributed by atoms with van der Waals surface area (Å²) in [6, 6.07) is 11.5. The number of halogens is 1. The van der Waals surface area contributed by atoms with Gasteiger partial charge in [-0.15, -0.1) is 11.3 Å². The fourth-order valence-electron chi connectivity index (χ4n) is 1.22. The minimum Gasteiger partial charge on any atom is -0.266 e. The Kier molecular flexibility index (Phi) is 4.27. The number of nitrogens with zero attached hydrogens (tertiary/aromatic N) is 1. The minimum atomic E-state index is -0.179. The normalized spacial score (nSPS) is 10.6. The monoisotopic (exact) mass is 356 g/mol. The third kappa shape index (κ3) is 3.64. The third-order valence-electron chi connectivity index (χ3n) is 1.97. The van der Waals surface area contributed by atoms with Crippen LogP contribution in [0.5, 0.6) is 0 Å². The highest BCUT2D eigenvalue weighted by atomic mass is 127. The molecule has 0 radical (unpaired) electrons. The molecule has 0 aliphatic carbocycles. The van der Waals surface area contributed by atoms with Crippen molar-refractivity contribution in [2.75, 3.05) is 0 Å². The van der Waals surface area contributed by atoms with Crippen LogP contribution in [0, 0.1) is 3.57 Å². The molecule has 0 fully saturated rings. The number of rotatable bonds is 3. The Bertz CT molecular complexity index is 537. The third-order valence-corrected chi connectivity index (χ3v) is 3.51. The van der Waals surface area contributed by atoms with E-state index < -0.39 is 0 Å². The van der Waals surface area contributed by atoms with Crippen LogP contribution in [-0.2, 0) is 0 Å². The highest BCUT2D eigenvalue weighted by molar-refractivity contribution is 14.1. The predicted octanol–water partition coefficient (Wildman–Crippen LogP) is 3.12. The van der Waals surface area contributed by atoms with Crippen molar-refractivity contribution in [2.45, 2.75) is 0 Å². The van der Waals surface area contributed by atoms with Gasteiger partial charge in [-0.3, -0.25) is 4.79 Å². The maximum absolute atomic E-state index is 11.5. The van der Waals surface area contributed by atoms with Gasteiger partial charge in [-0.1, -0.05) is 18.2 Å². The van der Waals surface area contributed by atoms with Crippen molar-refractivity contribution in [3.8, 4) is 0 Å². The van der Waals surface area contributed by atoms with Crippen molar-refractivity contribution in [2.24, 2.45) is 5.10 Å². The molecule has 1 N–H and O–H groups in total. The highest BCUT2D eigenvalue weighted by Crippen LogP contribution is 2.08. The van der Waals surface area contributed by atoms with Crippen LogP contribution in [0.3, 0.4) is 0 Å². The van der Waals surface area contributed by atoms with Crippen LogP contribution in [-0.4, -0.2) is 12.1 Å². The lowest BCUT2D eigenvalue weighted by atomic mass is 10.2. The topological polar surface area (TPSA) is 41.5 Å². The molecule has 3 nitrogen and oxygen atoms in total. The van der Waals surface area contributed by atoms with E-state index in [4.69, 9.17) is 0 Å². The number of thiophene rings is 1. The molecule has 2 rings (SSSR count). The lowest BCUT2D eigenvalue weighted by molar-refractivity contribution is 0.0959. The van der Waals surface area contributed by atoms with Gasteiger partial charge in [0.15, 0.2) is 0 Å². The van der Waals surface area contributed by atoms with E-state index in [1.165, 1.54) is 11.3 Å². The maximum Gasteiger partial charge on any atom is 0.281 e. The fourth-order valence-corrected chi connectivity index (χ4v) is 2.40. The van der Waals surface area contributed by atoms with Crippen LogP contribution in [0.2, 0.25) is 0 Å². The first-order valence-corrected chi connectivity index (χ1v) is 6.84. The Labute approximate surface area is 117 Å². The van der Waals surface area contributed by atoms with Gasteiger partial charge in [0, 0.05) is 3.57 Å². The molecule has 1 heterocycles. The first-order valence-electron chi connectivity index (χ1n) is 4.88. The van der Waals surface area contributed by atoms with E-state index in [1.807, 2.05) is 35.7 Å². The number of carbonyl (C=O) groups is 1. The second-order valence-corrected chi connectivity index (χ2v) is 5.42. The molecule has 0 aliphatic heterocycles. The van der Waals surface area contributed by atoms with Crippen LogP contribution in [0.25, 0.3) is 0 Å². The summed E-state index contributed by atoms with van der Waals surface area (Å²) in [6.07, 6.45) is 1.63. The average Bonchev–Trinajstić information content (AvgIpc) is 2.82. The molecule has 1 aromatic carbocycles. The molecule has 86 valence electrons. The van der Waals surface area contributed by atoms with Crippen molar-refractivity contribution in [3.05, 3.63) is 55.8 Å². The molecule has 1 aromatic heterocycles. The molecule has 0 aliphatic rings. The van der Waals surface area contributed by atoms with Gasteiger partial charge in [0.05, 0.1) is 11.1 Å². The summed E-state index contributed by atoms with van der Waals surface area (Å²) in [4.78, 5) is 12.2. The van der Waals surface area contributed by atoms with Crippen LogP contribution in [0.15, 0.2) is 46.9 Å². The molecule has 17 heavy (non-hydrogen) atoms. The van der Waals surface area contributed by atoms with Crippen molar-refractivity contribution in [3.63, 3.8) is 0 Å². The SMILES string of the molecule is O=C(N/N=C/c1cccc(I)c1)c1cccs1. The average molecular weight is 356 g/mol. The first kappa shape index (κ1) is 12.3. The summed E-state index contributed by atoms with van der Waals surface area (Å²) in [7, 11) is 0. The summed E-state index contributed by atoms with van der Waals surface area (Å²) in [6.45, 7) is 0. The van der Waals surface area contributed by atoms with Gasteiger partial charge in [0.25, 0.3) is 5.91 Å². The van der Waals surface area contributed by atoms with Crippen LogP contribution >= 0.6 is 33.9 Å². The zero-order valence-corrected chi connectivity index (χ0v) is 11.7. The van der Waals surface area contributed by atoms with Gasteiger partial charge in [-0.2, -0.15) is 5.10 Å². The van der Waals surface area contributed by atoms with E-state index in [9.17, 15) is 4.79 Å². The molecule has 0 bridgehead atoms. The molecule has 1 amide bonds. The Balaban J connectivity index is 1.96. The van der Waals surface area contributed by atoms with Crippen molar-refractivity contribution < 1.29 is 4.79 Å². The van der Waals surface area contributed by atoms with Crippen LogP contribution in [0.4, 0.5) is 0 Å². The number of hydrazone groups is 1. The molecule has 0 saturated heterocycles. The zero-order chi connectivity index (χ0) is 12.1. The van der Waals surface area contributed by atoms with E-state index in [2.05, 4.69) is 33.1 Å². The quantitative estimate of drug-likeness (QED) is 0.513.